The summed E-state index contributed by atoms with van der Waals surface area (Å²) in [5.41, 5.74) is 1.93. The van der Waals surface area contributed by atoms with Crippen LogP contribution in [0.3, 0.4) is 0 Å². The Morgan fingerprint density at radius 3 is 2.30 bits per heavy atom. The van der Waals surface area contributed by atoms with Crippen LogP contribution in [0.25, 0.3) is 0 Å². The molecule has 6 heteroatoms. The summed E-state index contributed by atoms with van der Waals surface area (Å²) < 4.78 is 10.4. The van der Waals surface area contributed by atoms with Gasteiger partial charge in [-0.15, -0.1) is 11.8 Å². The molecule has 0 aliphatic carbocycles. The molecule has 0 heterocycles. The van der Waals surface area contributed by atoms with Crippen molar-refractivity contribution >= 4 is 29.3 Å². The molecule has 0 fully saturated rings. The van der Waals surface area contributed by atoms with Crippen molar-refractivity contribution in [1.82, 2.24) is 0 Å². The minimum atomic E-state index is -0.594. The van der Waals surface area contributed by atoms with E-state index in [0.717, 1.165) is 4.90 Å². The van der Waals surface area contributed by atoms with Crippen LogP contribution in [0.15, 0.2) is 53.4 Å². The normalized spacial score (nSPS) is 11.0. The Hall–Kier alpha value is -2.47. The predicted octanol–water partition coefficient (Wildman–Crippen LogP) is 4.27. The van der Waals surface area contributed by atoms with Crippen molar-refractivity contribution < 1.29 is 19.1 Å². The molecule has 2 aromatic carbocycles. The van der Waals surface area contributed by atoms with Crippen LogP contribution in [0, 0.1) is 0 Å². The Labute approximate surface area is 164 Å². The first-order chi connectivity index (χ1) is 12.8. The number of rotatable bonds is 7. The fourth-order valence-electron chi connectivity index (χ4n) is 2.32. The summed E-state index contributed by atoms with van der Waals surface area (Å²) in [5, 5.41) is 2.73. The molecular formula is C21H25NO4S. The van der Waals surface area contributed by atoms with Gasteiger partial charge >= 0.3 is 5.97 Å². The molecule has 0 atom stereocenters. The molecule has 1 amide bonds. The van der Waals surface area contributed by atoms with Crippen molar-refractivity contribution in [3.8, 4) is 5.75 Å². The number of thioether (sulfide) groups is 1. The van der Waals surface area contributed by atoms with Crippen molar-refractivity contribution in [2.24, 2.45) is 0 Å². The Kier molecular flexibility index (Phi) is 7.30. The van der Waals surface area contributed by atoms with Crippen LogP contribution in [-0.4, -0.2) is 31.3 Å². The molecule has 0 bridgehead atoms. The highest BCUT2D eigenvalue weighted by molar-refractivity contribution is 7.98. The minimum Gasteiger partial charge on any atom is -0.482 e. The molecule has 5 nitrogen and oxygen atoms in total. The third kappa shape index (κ3) is 6.64. The number of amides is 1. The second kappa shape index (κ2) is 9.46. The van der Waals surface area contributed by atoms with Crippen molar-refractivity contribution in [2.75, 3.05) is 24.8 Å². The summed E-state index contributed by atoms with van der Waals surface area (Å²) >= 11 is 1.53. The zero-order valence-electron chi connectivity index (χ0n) is 16.1. The maximum atomic E-state index is 12.0. The van der Waals surface area contributed by atoms with Crippen LogP contribution in [-0.2, 0) is 19.7 Å². The van der Waals surface area contributed by atoms with Gasteiger partial charge in [0.1, 0.15) is 5.75 Å². The molecule has 0 aliphatic heterocycles. The number of hydrogen-bond donors (Lipinski definition) is 1. The summed E-state index contributed by atoms with van der Waals surface area (Å²) in [7, 11) is 0. The van der Waals surface area contributed by atoms with Crippen molar-refractivity contribution in [1.29, 1.82) is 0 Å². The predicted molar refractivity (Wildman–Crippen MR) is 108 cm³/mol. The molecule has 144 valence electrons. The van der Waals surface area contributed by atoms with Gasteiger partial charge in [-0.3, -0.25) is 4.79 Å². The monoisotopic (exact) mass is 387 g/mol. The highest BCUT2D eigenvalue weighted by atomic mass is 32.2. The van der Waals surface area contributed by atoms with Crippen LogP contribution in [0.1, 0.15) is 26.3 Å². The standard InChI is InChI=1S/C21H25NO4S/c1-21(2,3)15-9-11-16(12-10-15)25-14-20(24)26-13-19(23)22-17-7-5-6-8-18(17)27-4/h5-12H,13-14H2,1-4H3,(H,22,23). The lowest BCUT2D eigenvalue weighted by Gasteiger charge is -2.19. The molecule has 0 aromatic heterocycles. The van der Waals surface area contributed by atoms with Crippen molar-refractivity contribution in [2.45, 2.75) is 31.1 Å². The van der Waals surface area contributed by atoms with Gasteiger partial charge in [0.05, 0.1) is 5.69 Å². The van der Waals surface area contributed by atoms with Gasteiger partial charge < -0.3 is 14.8 Å². The topological polar surface area (TPSA) is 64.6 Å². The number of nitrogens with one attached hydrogen (secondary N) is 1. The maximum absolute atomic E-state index is 12.0. The Morgan fingerprint density at radius 1 is 1.00 bits per heavy atom. The molecule has 0 spiro atoms. The number of para-hydroxylation sites is 1. The van der Waals surface area contributed by atoms with Crippen molar-refractivity contribution in [3.05, 3.63) is 54.1 Å². The lowest BCUT2D eigenvalue weighted by Crippen LogP contribution is -2.23. The third-order valence-corrected chi connectivity index (χ3v) is 4.62. The van der Waals surface area contributed by atoms with Crippen molar-refractivity contribution in [3.63, 3.8) is 0 Å². The molecule has 0 unspecified atom stereocenters. The Bertz CT molecular complexity index is 782. The van der Waals surface area contributed by atoms with E-state index in [1.165, 1.54) is 17.3 Å². The van der Waals surface area contributed by atoms with Crippen LogP contribution in [0.2, 0.25) is 0 Å². The van der Waals surface area contributed by atoms with Gasteiger partial charge in [0, 0.05) is 4.90 Å². The second-order valence-electron chi connectivity index (χ2n) is 6.97. The molecule has 0 radical (unpaired) electrons. The average molecular weight is 388 g/mol. The Balaban J connectivity index is 1.76. The van der Waals surface area contributed by atoms with Gasteiger partial charge in [0.15, 0.2) is 13.2 Å². The number of ether oxygens (including phenoxy) is 2. The lowest BCUT2D eigenvalue weighted by atomic mass is 9.87. The van der Waals surface area contributed by atoms with E-state index in [4.69, 9.17) is 9.47 Å². The van der Waals surface area contributed by atoms with Gasteiger partial charge in [0.25, 0.3) is 5.91 Å². The molecule has 0 aliphatic rings. The third-order valence-electron chi connectivity index (χ3n) is 3.82. The fraction of sp³-hybridized carbons (Fsp3) is 0.333. The first-order valence-corrected chi connectivity index (χ1v) is 9.84. The van der Waals surface area contributed by atoms with E-state index in [1.54, 1.807) is 6.07 Å². The van der Waals surface area contributed by atoms with Gasteiger partial charge in [0.2, 0.25) is 0 Å². The summed E-state index contributed by atoms with van der Waals surface area (Å²) in [6.45, 7) is 5.78. The maximum Gasteiger partial charge on any atom is 0.344 e. The first-order valence-electron chi connectivity index (χ1n) is 8.61. The van der Waals surface area contributed by atoms with E-state index in [2.05, 4.69) is 26.1 Å². The minimum absolute atomic E-state index is 0.0553. The van der Waals surface area contributed by atoms with E-state index >= 15 is 0 Å². The van der Waals surface area contributed by atoms with E-state index < -0.39 is 5.97 Å². The van der Waals surface area contributed by atoms with E-state index in [-0.39, 0.29) is 24.5 Å². The summed E-state index contributed by atoms with van der Waals surface area (Å²) in [6, 6.07) is 15.0. The Morgan fingerprint density at radius 2 is 1.67 bits per heavy atom. The quantitative estimate of drug-likeness (QED) is 0.568. The number of hydrogen-bond acceptors (Lipinski definition) is 5. The largest absolute Gasteiger partial charge is 0.482 e. The van der Waals surface area contributed by atoms with Crippen LogP contribution in [0.5, 0.6) is 5.75 Å². The van der Waals surface area contributed by atoms with Crippen LogP contribution >= 0.6 is 11.8 Å². The van der Waals surface area contributed by atoms with E-state index in [0.29, 0.717) is 11.4 Å². The number of esters is 1. The first kappa shape index (κ1) is 20.8. The number of carbonyl (C=O) groups excluding carboxylic acids is 2. The zero-order valence-corrected chi connectivity index (χ0v) is 16.9. The highest BCUT2D eigenvalue weighted by Crippen LogP contribution is 2.25. The molecule has 2 rings (SSSR count). The number of anilines is 1. The smallest absolute Gasteiger partial charge is 0.344 e. The van der Waals surface area contributed by atoms with Crippen LogP contribution < -0.4 is 10.1 Å². The van der Waals surface area contributed by atoms with Gasteiger partial charge in [-0.25, -0.2) is 4.79 Å². The molecular weight excluding hydrogens is 362 g/mol. The van der Waals surface area contributed by atoms with Gasteiger partial charge in [-0.05, 0) is 41.5 Å². The molecule has 0 saturated heterocycles. The van der Waals surface area contributed by atoms with Crippen LogP contribution in [0.4, 0.5) is 5.69 Å². The molecule has 2 aromatic rings. The van der Waals surface area contributed by atoms with E-state index in [1.807, 2.05) is 48.7 Å². The number of benzene rings is 2. The zero-order chi connectivity index (χ0) is 19.9. The second-order valence-corrected chi connectivity index (χ2v) is 7.82. The average Bonchev–Trinajstić information content (AvgIpc) is 2.64. The molecule has 0 saturated carbocycles. The molecule has 27 heavy (non-hydrogen) atoms. The highest BCUT2D eigenvalue weighted by Gasteiger charge is 2.14. The molecule has 1 N–H and O–H groups in total. The van der Waals surface area contributed by atoms with Gasteiger partial charge in [-0.1, -0.05) is 45.0 Å². The SMILES string of the molecule is CSc1ccccc1NC(=O)COC(=O)COc1ccc(C(C)(C)C)cc1. The van der Waals surface area contributed by atoms with Gasteiger partial charge in [-0.2, -0.15) is 0 Å². The van der Waals surface area contributed by atoms with E-state index in [9.17, 15) is 9.59 Å². The summed E-state index contributed by atoms with van der Waals surface area (Å²) in [6.07, 6.45) is 1.93. The summed E-state index contributed by atoms with van der Waals surface area (Å²) in [4.78, 5) is 24.7. The summed E-state index contributed by atoms with van der Waals surface area (Å²) in [5.74, 6) is -0.402. The lowest BCUT2D eigenvalue weighted by molar-refractivity contribution is -0.149. The fourth-order valence-corrected chi connectivity index (χ4v) is 2.87. The number of carbonyl (C=O) groups is 2.